The molecule has 1 atom stereocenters. The minimum absolute atomic E-state index is 0.311. The van der Waals surface area contributed by atoms with E-state index in [0.717, 1.165) is 56.7 Å². The Bertz CT molecular complexity index is 851. The number of alkyl carbamates (subject to hydrolysis) is 1. The van der Waals surface area contributed by atoms with Gasteiger partial charge in [-0.2, -0.15) is 0 Å². The van der Waals surface area contributed by atoms with Gasteiger partial charge in [-0.1, -0.05) is 6.07 Å². The number of aliphatic carboxylic acids is 1. The van der Waals surface area contributed by atoms with E-state index >= 15 is 0 Å². The van der Waals surface area contributed by atoms with Crippen molar-refractivity contribution in [2.45, 2.75) is 83.4 Å². The van der Waals surface area contributed by atoms with Gasteiger partial charge >= 0.3 is 12.1 Å². The molecule has 1 saturated carbocycles. The molecule has 0 bridgehead atoms. The second kappa shape index (κ2) is 12.5. The fraction of sp³-hybridized carbons (Fsp3) is 0.731. The van der Waals surface area contributed by atoms with E-state index in [2.05, 4.69) is 27.7 Å². The Hall–Kier alpha value is -2.39. The van der Waals surface area contributed by atoms with E-state index in [9.17, 15) is 14.7 Å². The van der Waals surface area contributed by atoms with Crippen LogP contribution in [0.2, 0.25) is 0 Å². The van der Waals surface area contributed by atoms with E-state index in [-0.39, 0.29) is 0 Å². The zero-order valence-corrected chi connectivity index (χ0v) is 21.6. The number of amides is 1. The SMILES string of the molecule is COCCN(CC[C@H](NC(=O)OC(C)(C)C)C(=O)O)C1CC(CCc2ccc3c(n2)NCCC3)C1. The summed E-state index contributed by atoms with van der Waals surface area (Å²) in [5.41, 5.74) is 1.79. The molecular weight excluding hydrogens is 448 g/mol. The van der Waals surface area contributed by atoms with E-state index < -0.39 is 23.7 Å². The fourth-order valence-electron chi connectivity index (χ4n) is 4.78. The lowest BCUT2D eigenvalue weighted by Crippen LogP contribution is -2.49. The highest BCUT2D eigenvalue weighted by molar-refractivity contribution is 5.80. The van der Waals surface area contributed by atoms with Crippen molar-refractivity contribution < 1.29 is 24.2 Å². The van der Waals surface area contributed by atoms with E-state index in [4.69, 9.17) is 14.5 Å². The van der Waals surface area contributed by atoms with Crippen molar-refractivity contribution in [2.75, 3.05) is 38.7 Å². The van der Waals surface area contributed by atoms with Gasteiger partial charge in [-0.05, 0) is 83.3 Å². The maximum Gasteiger partial charge on any atom is 0.408 e. The monoisotopic (exact) mass is 490 g/mol. The molecule has 1 aromatic heterocycles. The summed E-state index contributed by atoms with van der Waals surface area (Å²) in [5, 5.41) is 15.5. The quantitative estimate of drug-likeness (QED) is 0.408. The predicted molar refractivity (Wildman–Crippen MR) is 135 cm³/mol. The van der Waals surface area contributed by atoms with Crippen LogP contribution in [0.5, 0.6) is 0 Å². The van der Waals surface area contributed by atoms with Gasteiger partial charge in [0.25, 0.3) is 0 Å². The molecular formula is C26H42N4O5. The Morgan fingerprint density at radius 3 is 2.74 bits per heavy atom. The van der Waals surface area contributed by atoms with Crippen LogP contribution in [-0.4, -0.2) is 78.1 Å². The van der Waals surface area contributed by atoms with Crippen molar-refractivity contribution in [1.29, 1.82) is 0 Å². The van der Waals surface area contributed by atoms with E-state index in [1.165, 1.54) is 12.0 Å². The average Bonchev–Trinajstić information content (AvgIpc) is 2.76. The molecule has 1 aromatic rings. The molecule has 2 heterocycles. The number of pyridine rings is 1. The number of carboxylic acids is 1. The number of ether oxygens (including phenoxy) is 2. The van der Waals surface area contributed by atoms with Crippen LogP contribution in [0.25, 0.3) is 0 Å². The Balaban J connectivity index is 1.46. The highest BCUT2D eigenvalue weighted by Crippen LogP contribution is 2.35. The Morgan fingerprint density at radius 1 is 1.29 bits per heavy atom. The molecule has 1 aliphatic carbocycles. The number of carboxylic acid groups (broad SMARTS) is 1. The molecule has 0 unspecified atom stereocenters. The molecule has 1 fully saturated rings. The minimum atomic E-state index is -1.05. The molecule has 3 N–H and O–H groups in total. The third kappa shape index (κ3) is 8.65. The first-order chi connectivity index (χ1) is 16.6. The first-order valence-corrected chi connectivity index (χ1v) is 12.8. The first kappa shape index (κ1) is 27.2. The lowest BCUT2D eigenvalue weighted by atomic mass is 9.76. The molecule has 9 heteroatoms. The molecule has 0 radical (unpaired) electrons. The summed E-state index contributed by atoms with van der Waals surface area (Å²) < 4.78 is 10.5. The number of nitrogens with zero attached hydrogens (tertiary/aromatic N) is 2. The maximum absolute atomic E-state index is 12.1. The lowest BCUT2D eigenvalue weighted by molar-refractivity contribution is -0.139. The Morgan fingerprint density at radius 2 is 2.06 bits per heavy atom. The standard InChI is InChI=1S/C26H42N4O5/c1-26(2,3)35-25(33)29-22(24(31)32)11-13-30(14-15-34-4)21-16-18(17-21)7-9-20-10-8-19-6-5-12-27-23(19)28-20/h8,10,18,21-22H,5-7,9,11-17H2,1-4H3,(H,27,28)(H,29,33)(H,31,32)/t18?,21?,22-/m0/s1. The highest BCUT2D eigenvalue weighted by Gasteiger charge is 2.34. The van der Waals surface area contributed by atoms with Gasteiger partial charge in [-0.25, -0.2) is 14.6 Å². The summed E-state index contributed by atoms with van der Waals surface area (Å²) in [7, 11) is 1.67. The van der Waals surface area contributed by atoms with Gasteiger partial charge in [0.05, 0.1) is 6.61 Å². The van der Waals surface area contributed by atoms with E-state index in [1.54, 1.807) is 27.9 Å². The Kier molecular flexibility index (Phi) is 9.74. The average molecular weight is 491 g/mol. The summed E-state index contributed by atoms with van der Waals surface area (Å²) >= 11 is 0. The van der Waals surface area contributed by atoms with Gasteiger partial charge in [0, 0.05) is 38.5 Å². The number of rotatable bonds is 12. The number of fused-ring (bicyclic) bond motifs is 1. The third-order valence-electron chi connectivity index (χ3n) is 6.76. The van der Waals surface area contributed by atoms with Crippen LogP contribution in [0.4, 0.5) is 10.6 Å². The van der Waals surface area contributed by atoms with E-state index in [1.807, 2.05) is 0 Å². The number of carbonyl (C=O) groups is 2. The number of anilines is 1. The van der Waals surface area contributed by atoms with Gasteiger partial charge in [0.1, 0.15) is 17.5 Å². The summed E-state index contributed by atoms with van der Waals surface area (Å²) in [5.74, 6) is 0.644. The zero-order valence-electron chi connectivity index (χ0n) is 21.6. The molecule has 196 valence electrons. The number of aromatic nitrogens is 1. The Labute approximate surface area is 209 Å². The smallest absolute Gasteiger partial charge is 0.408 e. The number of hydrogen-bond donors (Lipinski definition) is 3. The van der Waals surface area contributed by atoms with Crippen molar-refractivity contribution in [3.63, 3.8) is 0 Å². The van der Waals surface area contributed by atoms with Gasteiger partial charge < -0.3 is 25.2 Å². The number of nitrogens with one attached hydrogen (secondary N) is 2. The summed E-state index contributed by atoms with van der Waals surface area (Å²) in [4.78, 5) is 30.9. The van der Waals surface area contributed by atoms with Crippen molar-refractivity contribution >= 4 is 17.9 Å². The van der Waals surface area contributed by atoms with Crippen molar-refractivity contribution in [1.82, 2.24) is 15.2 Å². The molecule has 1 aliphatic heterocycles. The zero-order chi connectivity index (χ0) is 25.4. The van der Waals surface area contributed by atoms with Gasteiger partial charge in [0.15, 0.2) is 0 Å². The number of methoxy groups -OCH3 is 1. The topological polar surface area (TPSA) is 113 Å². The van der Waals surface area contributed by atoms with Crippen LogP contribution in [0.15, 0.2) is 12.1 Å². The van der Waals surface area contributed by atoms with Crippen molar-refractivity contribution in [2.24, 2.45) is 5.92 Å². The van der Waals surface area contributed by atoms with Gasteiger partial charge in [-0.3, -0.25) is 4.90 Å². The van der Waals surface area contributed by atoms with Crippen LogP contribution in [0.3, 0.4) is 0 Å². The first-order valence-electron chi connectivity index (χ1n) is 12.8. The van der Waals surface area contributed by atoms with Gasteiger partial charge in [-0.15, -0.1) is 0 Å². The van der Waals surface area contributed by atoms with Crippen LogP contribution in [-0.2, 0) is 27.1 Å². The lowest BCUT2D eigenvalue weighted by Gasteiger charge is -2.43. The number of hydrogen-bond acceptors (Lipinski definition) is 7. The molecule has 0 saturated heterocycles. The summed E-state index contributed by atoms with van der Waals surface area (Å²) in [6.07, 6.45) is 6.14. The van der Waals surface area contributed by atoms with Crippen molar-refractivity contribution in [3.8, 4) is 0 Å². The molecule has 1 amide bonds. The summed E-state index contributed by atoms with van der Waals surface area (Å²) in [6.45, 7) is 8.16. The van der Waals surface area contributed by atoms with Crippen LogP contribution in [0.1, 0.15) is 64.1 Å². The van der Waals surface area contributed by atoms with Gasteiger partial charge in [0.2, 0.25) is 0 Å². The molecule has 9 nitrogen and oxygen atoms in total. The number of carbonyl (C=O) groups excluding carboxylic acids is 1. The fourth-order valence-corrected chi connectivity index (χ4v) is 4.78. The van der Waals surface area contributed by atoms with Crippen LogP contribution < -0.4 is 10.6 Å². The van der Waals surface area contributed by atoms with E-state index in [0.29, 0.717) is 31.5 Å². The number of aryl methyl sites for hydroxylation is 2. The normalized spacial score (nSPS) is 20.4. The minimum Gasteiger partial charge on any atom is -0.480 e. The molecule has 2 aliphatic rings. The second-order valence-electron chi connectivity index (χ2n) is 10.7. The molecule has 0 aromatic carbocycles. The van der Waals surface area contributed by atoms with Crippen LogP contribution >= 0.6 is 0 Å². The molecule has 0 spiro atoms. The van der Waals surface area contributed by atoms with Crippen molar-refractivity contribution in [3.05, 3.63) is 23.4 Å². The van der Waals surface area contributed by atoms with Crippen LogP contribution in [0, 0.1) is 5.92 Å². The predicted octanol–water partition coefficient (Wildman–Crippen LogP) is 3.47. The highest BCUT2D eigenvalue weighted by atomic mass is 16.6. The third-order valence-corrected chi connectivity index (χ3v) is 6.76. The molecule has 35 heavy (non-hydrogen) atoms. The second-order valence-corrected chi connectivity index (χ2v) is 10.7. The summed E-state index contributed by atoms with van der Waals surface area (Å²) in [6, 6.07) is 3.79. The largest absolute Gasteiger partial charge is 0.480 e. The molecule has 3 rings (SSSR count). The maximum atomic E-state index is 12.1.